The summed E-state index contributed by atoms with van der Waals surface area (Å²) in [5.74, 6) is -0.742. The molecular weight excluding hydrogens is 333 g/mol. The van der Waals surface area contributed by atoms with Gasteiger partial charge in [-0.25, -0.2) is 14.8 Å². The maximum atomic E-state index is 12.6. The van der Waals surface area contributed by atoms with Crippen LogP contribution in [0.15, 0.2) is 60.8 Å². The average molecular weight is 344 g/mol. The van der Waals surface area contributed by atoms with Gasteiger partial charge in [0.1, 0.15) is 0 Å². The van der Waals surface area contributed by atoms with Gasteiger partial charge in [0.05, 0.1) is 16.8 Å². The lowest BCUT2D eigenvalue weighted by molar-refractivity contribution is -0.137. The van der Waals surface area contributed by atoms with Crippen molar-refractivity contribution in [2.24, 2.45) is 0 Å². The van der Waals surface area contributed by atoms with Gasteiger partial charge in [-0.3, -0.25) is 0 Å². The largest absolute Gasteiger partial charge is 0.478 e. The molecule has 3 rings (SSSR count). The van der Waals surface area contributed by atoms with Crippen LogP contribution in [0.2, 0.25) is 0 Å². The summed E-state index contributed by atoms with van der Waals surface area (Å²) in [5.41, 5.74) is 1.09. The van der Waals surface area contributed by atoms with Crippen molar-refractivity contribution in [2.45, 2.75) is 6.18 Å². The SMILES string of the molecule is O=C(O)c1ccc(-c2ccnc(-c3ccc(C(F)(F)F)cc3)n2)cc1. The zero-order valence-electron chi connectivity index (χ0n) is 12.7. The van der Waals surface area contributed by atoms with Crippen molar-refractivity contribution in [3.63, 3.8) is 0 Å². The van der Waals surface area contributed by atoms with Crippen LogP contribution in [0.3, 0.4) is 0 Å². The molecule has 0 aliphatic rings. The van der Waals surface area contributed by atoms with Crippen LogP contribution in [-0.4, -0.2) is 21.0 Å². The molecule has 0 fully saturated rings. The third-order valence-electron chi connectivity index (χ3n) is 3.55. The summed E-state index contributed by atoms with van der Waals surface area (Å²) < 4.78 is 37.9. The van der Waals surface area contributed by atoms with Crippen LogP contribution in [-0.2, 0) is 6.18 Å². The minimum atomic E-state index is -4.40. The number of nitrogens with zero attached hydrogens (tertiary/aromatic N) is 2. The fourth-order valence-electron chi connectivity index (χ4n) is 2.25. The quantitative estimate of drug-likeness (QED) is 0.758. The summed E-state index contributed by atoms with van der Waals surface area (Å²) in [4.78, 5) is 19.3. The van der Waals surface area contributed by atoms with Crippen LogP contribution >= 0.6 is 0 Å². The third kappa shape index (κ3) is 3.65. The van der Waals surface area contributed by atoms with Gasteiger partial charge in [-0.2, -0.15) is 13.2 Å². The summed E-state index contributed by atoms with van der Waals surface area (Å²) in [6.07, 6.45) is -2.90. The second-order valence-electron chi connectivity index (χ2n) is 5.22. The van der Waals surface area contributed by atoms with Crippen molar-refractivity contribution in [2.75, 3.05) is 0 Å². The monoisotopic (exact) mass is 344 g/mol. The van der Waals surface area contributed by atoms with Crippen molar-refractivity contribution >= 4 is 5.97 Å². The Bertz CT molecular complexity index is 905. The Morgan fingerprint density at radius 1 is 0.880 bits per heavy atom. The third-order valence-corrected chi connectivity index (χ3v) is 3.55. The first-order chi connectivity index (χ1) is 11.8. The van der Waals surface area contributed by atoms with Gasteiger partial charge >= 0.3 is 12.1 Å². The van der Waals surface area contributed by atoms with Gasteiger partial charge in [0.15, 0.2) is 5.82 Å². The number of rotatable bonds is 3. The van der Waals surface area contributed by atoms with Crippen molar-refractivity contribution in [1.29, 1.82) is 0 Å². The van der Waals surface area contributed by atoms with E-state index in [0.29, 0.717) is 16.8 Å². The molecule has 0 saturated heterocycles. The summed E-state index contributed by atoms with van der Waals surface area (Å²) >= 11 is 0. The Kier molecular flexibility index (Phi) is 4.22. The topological polar surface area (TPSA) is 63.1 Å². The van der Waals surface area contributed by atoms with Crippen molar-refractivity contribution in [1.82, 2.24) is 9.97 Å². The van der Waals surface area contributed by atoms with Gasteiger partial charge in [0, 0.05) is 17.3 Å². The number of hydrogen-bond donors (Lipinski definition) is 1. The predicted molar refractivity (Wildman–Crippen MR) is 84.9 cm³/mol. The Hall–Kier alpha value is -3.22. The molecule has 0 amide bonds. The Labute approximate surface area is 140 Å². The Balaban J connectivity index is 1.92. The molecule has 126 valence electrons. The molecule has 1 N–H and O–H groups in total. The van der Waals surface area contributed by atoms with E-state index < -0.39 is 17.7 Å². The van der Waals surface area contributed by atoms with E-state index in [-0.39, 0.29) is 11.4 Å². The van der Waals surface area contributed by atoms with Gasteiger partial charge in [-0.15, -0.1) is 0 Å². The molecule has 0 atom stereocenters. The molecule has 1 heterocycles. The number of halogens is 3. The second kappa shape index (κ2) is 6.35. The molecule has 3 aromatic rings. The van der Waals surface area contributed by atoms with E-state index in [1.165, 1.54) is 30.5 Å². The Morgan fingerprint density at radius 2 is 1.48 bits per heavy atom. The number of aromatic nitrogens is 2. The van der Waals surface area contributed by atoms with Gasteiger partial charge in [-0.1, -0.05) is 24.3 Å². The molecule has 0 radical (unpaired) electrons. The van der Waals surface area contributed by atoms with Crippen LogP contribution in [0.25, 0.3) is 22.6 Å². The van der Waals surface area contributed by atoms with Gasteiger partial charge < -0.3 is 5.11 Å². The average Bonchev–Trinajstić information content (AvgIpc) is 2.61. The minimum Gasteiger partial charge on any atom is -0.478 e. The zero-order chi connectivity index (χ0) is 18.0. The number of carboxylic acid groups (broad SMARTS) is 1. The van der Waals surface area contributed by atoms with Crippen LogP contribution < -0.4 is 0 Å². The number of carboxylic acids is 1. The highest BCUT2D eigenvalue weighted by atomic mass is 19.4. The van der Waals surface area contributed by atoms with E-state index in [1.54, 1.807) is 18.2 Å². The van der Waals surface area contributed by atoms with E-state index in [1.807, 2.05) is 0 Å². The first kappa shape index (κ1) is 16.6. The predicted octanol–water partition coefficient (Wildman–Crippen LogP) is 4.53. The van der Waals surface area contributed by atoms with Gasteiger partial charge in [0.25, 0.3) is 0 Å². The lowest BCUT2D eigenvalue weighted by atomic mass is 10.1. The number of benzene rings is 2. The molecule has 0 bridgehead atoms. The molecule has 4 nitrogen and oxygen atoms in total. The highest BCUT2D eigenvalue weighted by Crippen LogP contribution is 2.30. The zero-order valence-corrected chi connectivity index (χ0v) is 12.7. The number of carbonyl (C=O) groups is 1. The summed E-state index contributed by atoms with van der Waals surface area (Å²) in [6.45, 7) is 0. The van der Waals surface area contributed by atoms with Gasteiger partial charge in [-0.05, 0) is 30.3 Å². The van der Waals surface area contributed by atoms with Crippen molar-refractivity contribution in [3.05, 3.63) is 71.9 Å². The first-order valence-electron chi connectivity index (χ1n) is 7.19. The van der Waals surface area contributed by atoms with E-state index >= 15 is 0 Å². The van der Waals surface area contributed by atoms with E-state index in [2.05, 4.69) is 9.97 Å². The van der Waals surface area contributed by atoms with E-state index in [4.69, 9.17) is 5.11 Å². The molecule has 25 heavy (non-hydrogen) atoms. The number of hydrogen-bond acceptors (Lipinski definition) is 3. The van der Waals surface area contributed by atoms with Crippen LogP contribution in [0.4, 0.5) is 13.2 Å². The minimum absolute atomic E-state index is 0.153. The molecule has 0 unspecified atom stereocenters. The molecule has 1 aromatic heterocycles. The van der Waals surface area contributed by atoms with E-state index in [0.717, 1.165) is 12.1 Å². The number of aromatic carboxylic acids is 1. The van der Waals surface area contributed by atoms with Crippen LogP contribution in [0, 0.1) is 0 Å². The maximum absolute atomic E-state index is 12.6. The lowest BCUT2D eigenvalue weighted by Crippen LogP contribution is -2.04. The summed E-state index contributed by atoms with van der Waals surface area (Å²) in [5, 5.41) is 8.91. The molecule has 0 saturated carbocycles. The lowest BCUT2D eigenvalue weighted by Gasteiger charge is -2.08. The fraction of sp³-hybridized carbons (Fsp3) is 0.0556. The maximum Gasteiger partial charge on any atom is 0.416 e. The van der Waals surface area contributed by atoms with Gasteiger partial charge in [0.2, 0.25) is 0 Å². The van der Waals surface area contributed by atoms with E-state index in [9.17, 15) is 18.0 Å². The second-order valence-corrected chi connectivity index (χ2v) is 5.22. The smallest absolute Gasteiger partial charge is 0.416 e. The molecule has 0 aliphatic carbocycles. The fourth-order valence-corrected chi connectivity index (χ4v) is 2.25. The molecular formula is C18H11F3N2O2. The van der Waals surface area contributed by atoms with Crippen LogP contribution in [0.1, 0.15) is 15.9 Å². The summed E-state index contributed by atoms with van der Waals surface area (Å²) in [6, 6.07) is 12.4. The normalized spacial score (nSPS) is 11.3. The van der Waals surface area contributed by atoms with Crippen LogP contribution in [0.5, 0.6) is 0 Å². The number of alkyl halides is 3. The van der Waals surface area contributed by atoms with Crippen molar-refractivity contribution < 1.29 is 23.1 Å². The summed E-state index contributed by atoms with van der Waals surface area (Å²) in [7, 11) is 0. The molecule has 0 spiro atoms. The first-order valence-corrected chi connectivity index (χ1v) is 7.19. The van der Waals surface area contributed by atoms with Crippen molar-refractivity contribution in [3.8, 4) is 22.6 Å². The highest BCUT2D eigenvalue weighted by molar-refractivity contribution is 5.88. The molecule has 2 aromatic carbocycles. The molecule has 7 heteroatoms. The molecule has 0 aliphatic heterocycles. The highest BCUT2D eigenvalue weighted by Gasteiger charge is 2.30. The standard InChI is InChI=1S/C18H11F3N2O2/c19-18(20,21)14-7-5-12(6-8-14)16-22-10-9-15(23-16)11-1-3-13(4-2-11)17(24)25/h1-10H,(H,24,25). The Morgan fingerprint density at radius 3 is 2.04 bits per heavy atom.